The fourth-order valence-corrected chi connectivity index (χ4v) is 3.06. The topological polar surface area (TPSA) is 127 Å². The Morgan fingerprint density at radius 2 is 1.89 bits per heavy atom. The summed E-state index contributed by atoms with van der Waals surface area (Å²) in [7, 11) is 0. The van der Waals surface area contributed by atoms with E-state index >= 15 is 0 Å². The Bertz CT molecular complexity index is 872. The van der Waals surface area contributed by atoms with Gasteiger partial charge in [-0.1, -0.05) is 0 Å². The number of carbonyl (C=O) groups is 4. The number of thiophene rings is 1. The largest absolute Gasteiger partial charge is 0.459 e. The zero-order valence-corrected chi connectivity index (χ0v) is 16.6. The van der Waals surface area contributed by atoms with E-state index in [0.29, 0.717) is 10.6 Å². The van der Waals surface area contributed by atoms with Crippen LogP contribution in [0.4, 0.5) is 9.80 Å². The van der Waals surface area contributed by atoms with Gasteiger partial charge in [0.05, 0.1) is 11.3 Å². The maximum absolute atomic E-state index is 12.3. The minimum atomic E-state index is -1.17. The van der Waals surface area contributed by atoms with Crippen LogP contribution in [0.1, 0.15) is 46.6 Å². The van der Waals surface area contributed by atoms with Gasteiger partial charge in [-0.15, -0.1) is 11.3 Å². The molecule has 0 bridgehead atoms. The number of imide groups is 1. The Labute approximate surface area is 165 Å². The van der Waals surface area contributed by atoms with Crippen LogP contribution in [0.15, 0.2) is 28.9 Å². The third kappa shape index (κ3) is 5.68. The second-order valence-electron chi connectivity index (χ2n) is 6.22. The third-order valence-corrected chi connectivity index (χ3v) is 4.53. The van der Waals surface area contributed by atoms with Gasteiger partial charge < -0.3 is 19.8 Å². The zero-order valence-electron chi connectivity index (χ0n) is 15.8. The molecule has 0 saturated carbocycles. The van der Waals surface area contributed by atoms with E-state index in [1.165, 1.54) is 19.3 Å². The normalized spacial score (nSPS) is 11.6. The smallest absolute Gasteiger partial charge is 0.349 e. The van der Waals surface area contributed by atoms with Crippen LogP contribution in [0.2, 0.25) is 0 Å². The van der Waals surface area contributed by atoms with Gasteiger partial charge in [-0.3, -0.25) is 14.9 Å². The van der Waals surface area contributed by atoms with Crippen LogP contribution in [0, 0.1) is 6.92 Å². The number of carbonyl (C=O) groups excluding carboxylic acids is 4. The highest BCUT2D eigenvalue weighted by atomic mass is 32.1. The van der Waals surface area contributed by atoms with Gasteiger partial charge in [0.1, 0.15) is 4.88 Å². The molecule has 0 aliphatic rings. The molecule has 0 aliphatic heterocycles. The average Bonchev–Trinajstić information content (AvgIpc) is 3.23. The minimum absolute atomic E-state index is 0.139. The molecular formula is C18H21N3O6S. The molecule has 3 N–H and O–H groups in total. The molecule has 0 radical (unpaired) electrons. The lowest BCUT2D eigenvalue weighted by Gasteiger charge is -2.14. The standard InChI is InChI=1S/C18H21N3O6S/c1-9(2)19-18(25)21-15(22)11(4)27-17(24)14-10(3)8-13(28-14)20-16(23)12-6-5-7-26-12/h5-9,11H,1-4H3,(H,20,23)(H2,19,21,22,25). The molecule has 0 fully saturated rings. The molecule has 0 saturated heterocycles. The van der Waals surface area contributed by atoms with Gasteiger partial charge in [-0.05, 0) is 51.5 Å². The molecule has 2 heterocycles. The van der Waals surface area contributed by atoms with Crippen LogP contribution in [-0.4, -0.2) is 36.0 Å². The summed E-state index contributed by atoms with van der Waals surface area (Å²) in [5, 5.41) is 7.65. The lowest BCUT2D eigenvalue weighted by Crippen LogP contribution is -2.46. The summed E-state index contributed by atoms with van der Waals surface area (Å²) in [4.78, 5) is 48.1. The van der Waals surface area contributed by atoms with Crippen LogP contribution in [0.3, 0.4) is 0 Å². The quantitative estimate of drug-likeness (QED) is 0.632. The van der Waals surface area contributed by atoms with Crippen molar-refractivity contribution < 1.29 is 28.3 Å². The van der Waals surface area contributed by atoms with E-state index < -0.39 is 29.9 Å². The Kier molecular flexibility index (Phi) is 6.94. The van der Waals surface area contributed by atoms with Gasteiger partial charge in [0.15, 0.2) is 11.9 Å². The lowest BCUT2D eigenvalue weighted by molar-refractivity contribution is -0.127. The summed E-state index contributed by atoms with van der Waals surface area (Å²) in [5.74, 6) is -1.78. The molecule has 0 aliphatic carbocycles. The molecular weight excluding hydrogens is 386 g/mol. The number of esters is 1. The summed E-state index contributed by atoms with van der Waals surface area (Å²) in [6, 6.07) is 3.90. The first kappa shape index (κ1) is 21.2. The fraction of sp³-hybridized carbons (Fsp3) is 0.333. The van der Waals surface area contributed by atoms with Crippen molar-refractivity contribution >= 4 is 40.2 Å². The fourth-order valence-electron chi connectivity index (χ4n) is 2.11. The predicted molar refractivity (Wildman–Crippen MR) is 102 cm³/mol. The van der Waals surface area contributed by atoms with E-state index in [2.05, 4.69) is 16.0 Å². The molecule has 0 aromatic carbocycles. The average molecular weight is 407 g/mol. The van der Waals surface area contributed by atoms with Gasteiger partial charge in [0, 0.05) is 6.04 Å². The summed E-state index contributed by atoms with van der Waals surface area (Å²) < 4.78 is 10.1. The first-order valence-corrected chi connectivity index (χ1v) is 9.26. The van der Waals surface area contributed by atoms with Crippen LogP contribution in [0.5, 0.6) is 0 Å². The molecule has 2 aromatic heterocycles. The van der Waals surface area contributed by atoms with Crippen molar-refractivity contribution in [2.24, 2.45) is 0 Å². The number of anilines is 1. The first-order valence-electron chi connectivity index (χ1n) is 8.45. The number of nitrogens with one attached hydrogen (secondary N) is 3. The van der Waals surface area contributed by atoms with Gasteiger partial charge >= 0.3 is 12.0 Å². The zero-order chi connectivity index (χ0) is 20.8. The summed E-state index contributed by atoms with van der Waals surface area (Å²) in [6.07, 6.45) is 0.207. The predicted octanol–water partition coefficient (Wildman–Crippen LogP) is 2.68. The van der Waals surface area contributed by atoms with Crippen molar-refractivity contribution in [3.8, 4) is 0 Å². The van der Waals surface area contributed by atoms with Crippen molar-refractivity contribution in [2.45, 2.75) is 39.8 Å². The number of hydrogen-bond donors (Lipinski definition) is 3. The molecule has 9 nitrogen and oxygen atoms in total. The highest BCUT2D eigenvalue weighted by molar-refractivity contribution is 7.18. The monoisotopic (exact) mass is 407 g/mol. The maximum Gasteiger partial charge on any atom is 0.349 e. The van der Waals surface area contributed by atoms with Crippen molar-refractivity contribution in [2.75, 3.05) is 5.32 Å². The van der Waals surface area contributed by atoms with E-state index in [1.54, 1.807) is 32.9 Å². The van der Waals surface area contributed by atoms with Gasteiger partial charge in [0.2, 0.25) is 0 Å². The minimum Gasteiger partial charge on any atom is -0.459 e. The molecule has 150 valence electrons. The number of ether oxygens (including phenoxy) is 1. The van der Waals surface area contributed by atoms with Crippen LogP contribution in [-0.2, 0) is 9.53 Å². The second kappa shape index (κ2) is 9.18. The highest BCUT2D eigenvalue weighted by Crippen LogP contribution is 2.28. The number of urea groups is 1. The Morgan fingerprint density at radius 3 is 2.50 bits per heavy atom. The molecule has 2 rings (SSSR count). The number of furan rings is 1. The van der Waals surface area contributed by atoms with Gasteiger partial charge in [-0.2, -0.15) is 0 Å². The SMILES string of the molecule is Cc1cc(NC(=O)c2ccco2)sc1C(=O)OC(C)C(=O)NC(=O)NC(C)C. The number of aryl methyl sites for hydroxylation is 1. The lowest BCUT2D eigenvalue weighted by atomic mass is 10.3. The van der Waals surface area contributed by atoms with Crippen molar-refractivity contribution in [3.05, 3.63) is 40.7 Å². The molecule has 10 heteroatoms. The first-order chi connectivity index (χ1) is 13.2. The van der Waals surface area contributed by atoms with Crippen LogP contribution < -0.4 is 16.0 Å². The van der Waals surface area contributed by atoms with Gasteiger partial charge in [-0.25, -0.2) is 9.59 Å². The van der Waals surface area contributed by atoms with E-state index in [-0.39, 0.29) is 16.7 Å². The molecule has 0 spiro atoms. The summed E-state index contributed by atoms with van der Waals surface area (Å²) >= 11 is 1.01. The van der Waals surface area contributed by atoms with Crippen molar-refractivity contribution in [1.82, 2.24) is 10.6 Å². The molecule has 2 aromatic rings. The molecule has 1 unspecified atom stereocenters. The van der Waals surface area contributed by atoms with E-state index in [1.807, 2.05) is 0 Å². The highest BCUT2D eigenvalue weighted by Gasteiger charge is 2.24. The van der Waals surface area contributed by atoms with Gasteiger partial charge in [0.25, 0.3) is 11.8 Å². The van der Waals surface area contributed by atoms with E-state index in [9.17, 15) is 19.2 Å². The maximum atomic E-state index is 12.3. The molecule has 28 heavy (non-hydrogen) atoms. The van der Waals surface area contributed by atoms with E-state index in [0.717, 1.165) is 11.3 Å². The summed E-state index contributed by atoms with van der Waals surface area (Å²) in [5.41, 5.74) is 0.579. The van der Waals surface area contributed by atoms with Crippen LogP contribution >= 0.6 is 11.3 Å². The second-order valence-corrected chi connectivity index (χ2v) is 7.27. The Morgan fingerprint density at radius 1 is 1.18 bits per heavy atom. The van der Waals surface area contributed by atoms with E-state index in [4.69, 9.17) is 9.15 Å². The number of hydrogen-bond acceptors (Lipinski definition) is 7. The molecule has 1 atom stereocenters. The van der Waals surface area contributed by atoms with Crippen LogP contribution in [0.25, 0.3) is 0 Å². The molecule has 4 amide bonds. The number of amides is 4. The summed E-state index contributed by atoms with van der Waals surface area (Å²) in [6.45, 7) is 6.53. The Hall–Kier alpha value is -3.14. The Balaban J connectivity index is 1.96. The van der Waals surface area contributed by atoms with Crippen molar-refractivity contribution in [1.29, 1.82) is 0 Å². The number of rotatable bonds is 6. The third-order valence-electron chi connectivity index (χ3n) is 3.39. The van der Waals surface area contributed by atoms with Crippen molar-refractivity contribution in [3.63, 3.8) is 0 Å².